The van der Waals surface area contributed by atoms with Crippen molar-refractivity contribution in [3.63, 3.8) is 0 Å². The highest BCUT2D eigenvalue weighted by atomic mass is 16.5. The summed E-state index contributed by atoms with van der Waals surface area (Å²) in [7, 11) is 3.31. The maximum atomic E-state index is 5.22. The fourth-order valence-corrected chi connectivity index (χ4v) is 1.17. The summed E-state index contributed by atoms with van der Waals surface area (Å²) in [6.07, 6.45) is 1.91. The average Bonchev–Trinajstić information content (AvgIpc) is 2.29. The minimum Gasteiger partial charge on any atom is -0.481 e. The Labute approximate surface area is 90.6 Å². The summed E-state index contributed by atoms with van der Waals surface area (Å²) in [5.74, 6) is 0.619. The third-order valence-corrected chi connectivity index (χ3v) is 2.42. The molecule has 0 radical (unpaired) electrons. The minimum atomic E-state index is 0.159. The Morgan fingerprint density at radius 2 is 2.00 bits per heavy atom. The van der Waals surface area contributed by atoms with Crippen LogP contribution >= 0.6 is 0 Å². The van der Waals surface area contributed by atoms with E-state index in [1.807, 2.05) is 19.1 Å². The van der Waals surface area contributed by atoms with E-state index in [-0.39, 0.29) is 12.1 Å². The average molecular weight is 210 g/mol. The summed E-state index contributed by atoms with van der Waals surface area (Å²) in [6.45, 7) is 4.09. The van der Waals surface area contributed by atoms with Gasteiger partial charge in [-0.05, 0) is 19.9 Å². The number of ether oxygens (including phenoxy) is 2. The first-order chi connectivity index (χ1) is 7.17. The highest BCUT2D eigenvalue weighted by molar-refractivity contribution is 5.43. The Kier molecular flexibility index (Phi) is 4.37. The largest absolute Gasteiger partial charge is 0.481 e. The summed E-state index contributed by atoms with van der Waals surface area (Å²) in [5, 5.41) is 3.30. The minimum absolute atomic E-state index is 0.159. The van der Waals surface area contributed by atoms with Gasteiger partial charge in [0.2, 0.25) is 5.88 Å². The fraction of sp³-hybridized carbons (Fsp3) is 0.545. The first-order valence-electron chi connectivity index (χ1n) is 4.96. The fourth-order valence-electron chi connectivity index (χ4n) is 1.17. The molecule has 0 saturated carbocycles. The van der Waals surface area contributed by atoms with Crippen LogP contribution in [-0.2, 0) is 4.74 Å². The van der Waals surface area contributed by atoms with Crippen LogP contribution in [-0.4, -0.2) is 31.3 Å². The standard InChI is InChI=1S/C11H18N2O2/c1-8(9(2)14-3)13-10-5-6-11(15-4)12-7-10/h5-9,13H,1-4H3. The number of rotatable bonds is 5. The maximum absolute atomic E-state index is 5.22. The van der Waals surface area contributed by atoms with Gasteiger partial charge in [0.05, 0.1) is 25.1 Å². The molecule has 0 aliphatic rings. The van der Waals surface area contributed by atoms with Crippen LogP contribution in [0.15, 0.2) is 18.3 Å². The van der Waals surface area contributed by atoms with E-state index >= 15 is 0 Å². The van der Waals surface area contributed by atoms with E-state index in [9.17, 15) is 0 Å². The van der Waals surface area contributed by atoms with Gasteiger partial charge in [0.1, 0.15) is 0 Å². The smallest absolute Gasteiger partial charge is 0.213 e. The SMILES string of the molecule is COc1ccc(NC(C)C(C)OC)cn1. The van der Waals surface area contributed by atoms with E-state index in [0.717, 1.165) is 5.69 Å². The van der Waals surface area contributed by atoms with Gasteiger partial charge in [0, 0.05) is 19.2 Å². The normalized spacial score (nSPS) is 14.4. The van der Waals surface area contributed by atoms with Crippen molar-refractivity contribution in [2.45, 2.75) is 26.0 Å². The third-order valence-electron chi connectivity index (χ3n) is 2.42. The van der Waals surface area contributed by atoms with E-state index in [2.05, 4.69) is 17.2 Å². The predicted octanol–water partition coefficient (Wildman–Crippen LogP) is 1.93. The maximum Gasteiger partial charge on any atom is 0.213 e. The van der Waals surface area contributed by atoms with Crippen molar-refractivity contribution < 1.29 is 9.47 Å². The molecular formula is C11H18N2O2. The second kappa shape index (κ2) is 5.56. The summed E-state index contributed by atoms with van der Waals surface area (Å²) in [6, 6.07) is 4.00. The Morgan fingerprint density at radius 1 is 1.27 bits per heavy atom. The summed E-state index contributed by atoms with van der Waals surface area (Å²) < 4.78 is 10.2. The van der Waals surface area contributed by atoms with Crippen molar-refractivity contribution in [3.8, 4) is 5.88 Å². The molecule has 0 fully saturated rings. The Morgan fingerprint density at radius 3 is 2.47 bits per heavy atom. The summed E-state index contributed by atoms with van der Waals surface area (Å²) in [5.41, 5.74) is 0.965. The number of anilines is 1. The number of hydrogen-bond donors (Lipinski definition) is 1. The van der Waals surface area contributed by atoms with Gasteiger partial charge >= 0.3 is 0 Å². The van der Waals surface area contributed by atoms with Gasteiger partial charge in [0.25, 0.3) is 0 Å². The molecule has 1 rings (SSSR count). The molecule has 0 spiro atoms. The zero-order chi connectivity index (χ0) is 11.3. The topological polar surface area (TPSA) is 43.4 Å². The summed E-state index contributed by atoms with van der Waals surface area (Å²) >= 11 is 0. The lowest BCUT2D eigenvalue weighted by Crippen LogP contribution is -2.29. The second-order valence-corrected chi connectivity index (χ2v) is 3.46. The number of aromatic nitrogens is 1. The number of methoxy groups -OCH3 is 2. The molecule has 1 aromatic rings. The monoisotopic (exact) mass is 210 g/mol. The summed E-state index contributed by atoms with van der Waals surface area (Å²) in [4.78, 5) is 4.11. The van der Waals surface area contributed by atoms with E-state index in [1.54, 1.807) is 20.4 Å². The molecule has 0 saturated heterocycles. The van der Waals surface area contributed by atoms with Crippen molar-refractivity contribution in [1.29, 1.82) is 0 Å². The highest BCUT2D eigenvalue weighted by Crippen LogP contribution is 2.13. The van der Waals surface area contributed by atoms with Crippen molar-refractivity contribution in [2.24, 2.45) is 0 Å². The van der Waals surface area contributed by atoms with E-state index < -0.39 is 0 Å². The first kappa shape index (κ1) is 11.8. The molecule has 4 heteroatoms. The van der Waals surface area contributed by atoms with Crippen molar-refractivity contribution in [3.05, 3.63) is 18.3 Å². The lowest BCUT2D eigenvalue weighted by Gasteiger charge is -2.20. The second-order valence-electron chi connectivity index (χ2n) is 3.46. The molecule has 15 heavy (non-hydrogen) atoms. The van der Waals surface area contributed by atoms with Gasteiger partial charge in [-0.1, -0.05) is 0 Å². The van der Waals surface area contributed by atoms with Crippen molar-refractivity contribution >= 4 is 5.69 Å². The Balaban J connectivity index is 2.57. The molecule has 4 nitrogen and oxygen atoms in total. The van der Waals surface area contributed by atoms with Crippen LogP contribution in [0.4, 0.5) is 5.69 Å². The van der Waals surface area contributed by atoms with Crippen LogP contribution in [0.5, 0.6) is 5.88 Å². The predicted molar refractivity (Wildman–Crippen MR) is 60.3 cm³/mol. The molecular weight excluding hydrogens is 192 g/mol. The van der Waals surface area contributed by atoms with E-state index in [0.29, 0.717) is 5.88 Å². The lowest BCUT2D eigenvalue weighted by molar-refractivity contribution is 0.106. The zero-order valence-electron chi connectivity index (χ0n) is 9.65. The van der Waals surface area contributed by atoms with Crippen molar-refractivity contribution in [1.82, 2.24) is 4.98 Å². The molecule has 1 N–H and O–H groups in total. The number of pyridine rings is 1. The van der Waals surface area contributed by atoms with E-state index in [1.165, 1.54) is 0 Å². The third kappa shape index (κ3) is 3.40. The molecule has 0 aliphatic carbocycles. The van der Waals surface area contributed by atoms with Gasteiger partial charge in [-0.3, -0.25) is 0 Å². The molecule has 1 aromatic heterocycles. The Hall–Kier alpha value is -1.29. The van der Waals surface area contributed by atoms with Gasteiger partial charge < -0.3 is 14.8 Å². The van der Waals surface area contributed by atoms with Crippen molar-refractivity contribution in [2.75, 3.05) is 19.5 Å². The molecule has 0 amide bonds. The van der Waals surface area contributed by atoms with Crippen LogP contribution in [0.3, 0.4) is 0 Å². The first-order valence-corrected chi connectivity index (χ1v) is 4.96. The van der Waals surface area contributed by atoms with Gasteiger partial charge in [-0.15, -0.1) is 0 Å². The lowest BCUT2D eigenvalue weighted by atomic mass is 10.2. The van der Waals surface area contributed by atoms with Crippen LogP contribution in [0.1, 0.15) is 13.8 Å². The molecule has 84 valence electrons. The number of nitrogens with one attached hydrogen (secondary N) is 1. The molecule has 2 unspecified atom stereocenters. The van der Waals surface area contributed by atoms with Gasteiger partial charge in [0.15, 0.2) is 0 Å². The number of hydrogen-bond acceptors (Lipinski definition) is 4. The molecule has 0 aliphatic heterocycles. The zero-order valence-corrected chi connectivity index (χ0v) is 9.65. The number of nitrogens with zero attached hydrogens (tertiary/aromatic N) is 1. The highest BCUT2D eigenvalue weighted by Gasteiger charge is 2.10. The van der Waals surface area contributed by atoms with E-state index in [4.69, 9.17) is 9.47 Å². The van der Waals surface area contributed by atoms with Crippen LogP contribution in [0, 0.1) is 0 Å². The van der Waals surface area contributed by atoms with Crippen LogP contribution in [0.25, 0.3) is 0 Å². The Bertz CT molecular complexity index is 287. The van der Waals surface area contributed by atoms with Gasteiger partial charge in [-0.2, -0.15) is 0 Å². The molecule has 2 atom stereocenters. The molecule has 0 aromatic carbocycles. The van der Waals surface area contributed by atoms with Crippen LogP contribution in [0.2, 0.25) is 0 Å². The van der Waals surface area contributed by atoms with Crippen LogP contribution < -0.4 is 10.1 Å². The molecule has 1 heterocycles. The molecule has 0 bridgehead atoms. The quantitative estimate of drug-likeness (QED) is 0.806. The van der Waals surface area contributed by atoms with Gasteiger partial charge in [-0.25, -0.2) is 4.98 Å².